The molecule has 17 heteroatoms. The number of nitrogens with two attached hydrogens (primary N) is 1. The number of nitrogens with one attached hydrogen (secondary N) is 5. The Morgan fingerprint density at radius 2 is 2.17 bits per heavy atom. The number of alkyl carbamates (subject to hydrolysis) is 1. The van der Waals surface area contributed by atoms with Gasteiger partial charge in [-0.3, -0.25) is 20.5 Å². The number of thiocarbonyl (C=S) groups is 1. The predicted molar refractivity (Wildman–Crippen MR) is 105 cm³/mol. The maximum absolute atomic E-state index is 11.0. The molecule has 0 saturated carbocycles. The van der Waals surface area contributed by atoms with Crippen molar-refractivity contribution in [3.63, 3.8) is 0 Å². The summed E-state index contributed by atoms with van der Waals surface area (Å²) in [5.41, 5.74) is 2.23. The zero-order chi connectivity index (χ0) is 20.9. The van der Waals surface area contributed by atoms with E-state index in [0.29, 0.717) is 18.1 Å². The first-order valence-electron chi connectivity index (χ1n) is 7.36. The average molecular weight is 452 g/mol. The number of fused-ring (bicyclic) bond motifs is 1. The fourth-order valence-corrected chi connectivity index (χ4v) is 1.97. The Labute approximate surface area is 195 Å². The summed E-state index contributed by atoms with van der Waals surface area (Å²) in [4.78, 5) is 28.2. The minimum atomic E-state index is -0.579. The molecule has 0 spiro atoms. The van der Waals surface area contributed by atoms with E-state index in [1.807, 2.05) is 5.59 Å². The number of carbonyl (C=O) groups is 1. The Bertz CT molecular complexity index is 986. The summed E-state index contributed by atoms with van der Waals surface area (Å²) in [7, 11) is 0. The van der Waals surface area contributed by atoms with Crippen LogP contribution < -0.4 is 51.7 Å². The molecule has 3 rings (SSSR count). The average Bonchev–Trinajstić information content (AvgIpc) is 3.27. The second-order valence-corrected chi connectivity index (χ2v) is 5.18. The van der Waals surface area contributed by atoms with Crippen LogP contribution in [0.25, 0.3) is 11.2 Å². The van der Waals surface area contributed by atoms with Crippen LogP contribution in [0, 0.1) is 4.77 Å². The molecule has 152 valence electrons. The monoisotopic (exact) mass is 452 g/mol. The normalized spacial score (nSPS) is 9.07. The number of rotatable bonds is 2. The van der Waals surface area contributed by atoms with Gasteiger partial charge in [0, 0.05) is 18.3 Å². The van der Waals surface area contributed by atoms with Crippen molar-refractivity contribution in [3.05, 3.63) is 45.4 Å². The van der Waals surface area contributed by atoms with Gasteiger partial charge in [0.05, 0.1) is 12.8 Å². The van der Waals surface area contributed by atoms with E-state index in [1.165, 1.54) is 4.52 Å². The van der Waals surface area contributed by atoms with Gasteiger partial charge in [0.2, 0.25) is 4.77 Å². The molecule has 0 aliphatic carbocycles. The molecular formula is C12H17N10NaO4S2. The van der Waals surface area contributed by atoms with Crippen molar-refractivity contribution in [1.82, 2.24) is 35.1 Å². The van der Waals surface area contributed by atoms with Gasteiger partial charge in [-0.05, 0) is 31.4 Å². The van der Waals surface area contributed by atoms with Gasteiger partial charge in [0.25, 0.3) is 0 Å². The van der Waals surface area contributed by atoms with E-state index in [4.69, 9.17) is 29.6 Å². The molecule has 14 nitrogen and oxygen atoms in total. The molecule has 0 aliphatic heterocycles. The Hall–Kier alpha value is -2.18. The van der Waals surface area contributed by atoms with Gasteiger partial charge in [0.1, 0.15) is 5.82 Å². The minimum absolute atomic E-state index is 0. The zero-order valence-electron chi connectivity index (χ0n) is 15.4. The molecule has 3 aromatic rings. The van der Waals surface area contributed by atoms with Crippen LogP contribution in [0.1, 0.15) is 6.92 Å². The Morgan fingerprint density at radius 3 is 2.76 bits per heavy atom. The number of amides is 1. The smallest absolute Gasteiger partial charge is 0.488 e. The number of hydrogen-bond donors (Lipinski definition) is 7. The van der Waals surface area contributed by atoms with Gasteiger partial charge in [0.15, 0.2) is 10.8 Å². The first-order chi connectivity index (χ1) is 13.4. The molecule has 0 aromatic carbocycles. The van der Waals surface area contributed by atoms with E-state index >= 15 is 0 Å². The van der Waals surface area contributed by atoms with Crippen LogP contribution in [0.2, 0.25) is 0 Å². The third kappa shape index (κ3) is 10.2. The quantitative estimate of drug-likeness (QED) is 0.0946. The first-order valence-corrected chi connectivity index (χ1v) is 8.17. The third-order valence-corrected chi connectivity index (χ3v) is 2.94. The Morgan fingerprint density at radius 1 is 1.48 bits per heavy atom. The second kappa shape index (κ2) is 14.8. The van der Waals surface area contributed by atoms with Crippen molar-refractivity contribution in [2.24, 2.45) is 5.84 Å². The summed E-state index contributed by atoms with van der Waals surface area (Å²) in [5.74, 6) is 4.63. The summed E-state index contributed by atoms with van der Waals surface area (Å²) >= 11 is 9.52. The van der Waals surface area contributed by atoms with E-state index in [2.05, 4.69) is 46.5 Å². The second-order valence-electron chi connectivity index (χ2n) is 4.39. The minimum Gasteiger partial charge on any atom is -0.488 e. The van der Waals surface area contributed by atoms with Crippen LogP contribution in [0.4, 0.5) is 10.6 Å². The van der Waals surface area contributed by atoms with Gasteiger partial charge in [-0.2, -0.15) is 9.61 Å². The molecule has 0 radical (unpaired) electrons. The van der Waals surface area contributed by atoms with E-state index in [-0.39, 0.29) is 45.1 Å². The van der Waals surface area contributed by atoms with Crippen LogP contribution in [0.15, 0.2) is 29.3 Å². The molecule has 1 amide bonds. The number of aromatic nitrogens is 6. The fourth-order valence-electron chi connectivity index (χ4n) is 1.60. The maximum atomic E-state index is 11.0. The molecule has 8 N–H and O–H groups in total. The number of ether oxygens (including phenoxy) is 1. The van der Waals surface area contributed by atoms with E-state index in [1.54, 1.807) is 31.5 Å². The predicted octanol–water partition coefficient (Wildman–Crippen LogP) is -2.44. The van der Waals surface area contributed by atoms with E-state index in [9.17, 15) is 9.59 Å². The van der Waals surface area contributed by atoms with Gasteiger partial charge in [-0.15, -0.1) is 0 Å². The van der Waals surface area contributed by atoms with Gasteiger partial charge >= 0.3 is 41.3 Å². The Balaban J connectivity index is 0.000000470. The van der Waals surface area contributed by atoms with E-state index < -0.39 is 6.09 Å². The number of hydrogen-bond acceptors (Lipinski definition) is 9. The maximum Gasteiger partial charge on any atom is 1.00 e. The van der Waals surface area contributed by atoms with Gasteiger partial charge in [-0.25, -0.2) is 14.6 Å². The topological polar surface area (TPSA) is 205 Å². The van der Waals surface area contributed by atoms with E-state index in [0.717, 1.165) is 0 Å². The summed E-state index contributed by atoms with van der Waals surface area (Å²) in [6.07, 6.45) is 2.60. The van der Waals surface area contributed by atoms with Gasteiger partial charge < -0.3 is 26.7 Å². The van der Waals surface area contributed by atoms with Crippen molar-refractivity contribution in [3.8, 4) is 0 Å². The Kier molecular flexibility index (Phi) is 13.7. The third-order valence-electron chi connectivity index (χ3n) is 2.54. The van der Waals surface area contributed by atoms with Crippen LogP contribution in [-0.4, -0.2) is 52.8 Å². The number of aromatic amines is 3. The largest absolute Gasteiger partial charge is 1.00 e. The summed E-state index contributed by atoms with van der Waals surface area (Å²) in [5, 5.41) is 21.2. The number of anilines is 1. The number of carbonyl (C=O) groups excluding carboxylic acids is 1. The molecular weight excluding hydrogens is 435 g/mol. The molecule has 3 heterocycles. The van der Waals surface area contributed by atoms with Crippen LogP contribution in [0.3, 0.4) is 0 Å². The van der Waals surface area contributed by atoms with Crippen LogP contribution >= 0.6 is 24.4 Å². The van der Waals surface area contributed by atoms with Crippen molar-refractivity contribution in [2.75, 3.05) is 11.9 Å². The fraction of sp³-hybridized carbons (Fsp3) is 0.167. The summed E-state index contributed by atoms with van der Waals surface area (Å²) in [6.45, 7) is 2.02. The molecule has 29 heavy (non-hydrogen) atoms. The number of nitrogens with zero attached hydrogens (tertiary/aromatic N) is 4. The first kappa shape index (κ1) is 26.8. The zero-order valence-corrected chi connectivity index (χ0v) is 19.0. The van der Waals surface area contributed by atoms with Crippen molar-refractivity contribution >= 4 is 47.1 Å². The molecule has 0 fully saturated rings. The molecule has 0 bridgehead atoms. The molecule has 3 aromatic heterocycles. The molecule has 0 saturated heterocycles. The van der Waals surface area contributed by atoms with Crippen molar-refractivity contribution in [2.45, 2.75) is 6.92 Å². The number of H-pyrrole nitrogens is 3. The molecule has 0 atom stereocenters. The van der Waals surface area contributed by atoms with Gasteiger partial charge in [-0.1, -0.05) is 0 Å². The molecule has 0 aliphatic rings. The standard InChI is InChI=1S/C7H10N4O2S.C5H4N4OS.H3N2O.Na/c1-2-13-7(12)10-6(14)9-5-3-4-8-11-5;10-5-8-4(11)7-3-1-2-6-9(3)5;1-2-3;/h3-4H,2H2,1H3,(H3,8,9,10,11,12,14);1-2,6H,(H,8,10,11);3H,1H2;/q;;-1;+1. The van der Waals surface area contributed by atoms with Crippen molar-refractivity contribution < 1.29 is 44.3 Å². The van der Waals surface area contributed by atoms with Crippen molar-refractivity contribution in [1.29, 1.82) is 0 Å². The summed E-state index contributed by atoms with van der Waals surface area (Å²) < 4.78 is 6.11. The van der Waals surface area contributed by atoms with Crippen LogP contribution in [0.5, 0.6) is 0 Å². The summed E-state index contributed by atoms with van der Waals surface area (Å²) in [6, 6.07) is 3.35. The SMILES string of the molecule is CCOC(=O)NC(=S)Nc1ccn[nH]1.N[N-]O.O=c1[nH]c(=S)nc2cc[nH]n12.[Na+]. The molecule has 0 unspecified atom stereocenters. The van der Waals surface area contributed by atoms with Crippen LogP contribution in [-0.2, 0) is 4.74 Å².